The molecule has 0 heterocycles. The summed E-state index contributed by atoms with van der Waals surface area (Å²) >= 11 is 0. The number of aliphatic hydroxyl groups is 2. The van der Waals surface area contributed by atoms with Gasteiger partial charge in [-0.3, -0.25) is 0 Å². The van der Waals surface area contributed by atoms with Gasteiger partial charge in [0, 0.05) is 17.6 Å². The molecule has 0 saturated carbocycles. The van der Waals surface area contributed by atoms with Crippen LogP contribution in [0.25, 0.3) is 0 Å². The number of allylic oxidation sites excluding steroid dienone is 2. The van der Waals surface area contributed by atoms with Crippen LogP contribution in [0.5, 0.6) is 11.5 Å². The third-order valence-corrected chi connectivity index (χ3v) is 7.24. The van der Waals surface area contributed by atoms with Gasteiger partial charge >= 0.3 is 11.9 Å². The molecule has 0 aliphatic heterocycles. The third kappa shape index (κ3) is 8.56. The van der Waals surface area contributed by atoms with Crippen LogP contribution in [-0.2, 0) is 37.3 Å². The van der Waals surface area contributed by atoms with Crippen molar-refractivity contribution < 1.29 is 38.7 Å². The molecule has 1 aliphatic rings. The van der Waals surface area contributed by atoms with E-state index in [9.17, 15) is 19.8 Å². The monoisotopic (exact) mass is 586 g/mol. The maximum absolute atomic E-state index is 11.5. The standard InChI is InChI=1S/C35H38O8/c1-3-7-33(38)42-23-29(36)21-40-31-15-11-27(12-16-31)35(19-25-9-5-6-10-26(25)20-35)28-13-17-32(18-14-28)41-22-30(37)24-43-34(39)8-4-2/h3-18,29-30,36-37H,19-24H2,1-2H3. The lowest BCUT2D eigenvalue weighted by atomic mass is 9.72. The van der Waals surface area contributed by atoms with E-state index < -0.39 is 24.1 Å². The van der Waals surface area contributed by atoms with Crippen molar-refractivity contribution in [2.24, 2.45) is 0 Å². The van der Waals surface area contributed by atoms with Crippen LogP contribution in [0.15, 0.2) is 97.1 Å². The lowest BCUT2D eigenvalue weighted by molar-refractivity contribution is -0.142. The second-order valence-electron chi connectivity index (χ2n) is 10.4. The van der Waals surface area contributed by atoms with Gasteiger partial charge in [-0.05, 0) is 73.2 Å². The van der Waals surface area contributed by atoms with Crippen molar-refractivity contribution in [2.45, 2.75) is 44.3 Å². The molecule has 0 amide bonds. The Morgan fingerprint density at radius 1 is 0.674 bits per heavy atom. The van der Waals surface area contributed by atoms with E-state index in [-0.39, 0.29) is 31.8 Å². The Morgan fingerprint density at radius 2 is 1.07 bits per heavy atom. The second-order valence-corrected chi connectivity index (χ2v) is 10.4. The van der Waals surface area contributed by atoms with E-state index in [0.717, 1.165) is 24.0 Å². The lowest BCUT2D eigenvalue weighted by Crippen LogP contribution is -2.28. The van der Waals surface area contributed by atoms with Crippen molar-refractivity contribution in [1.29, 1.82) is 0 Å². The van der Waals surface area contributed by atoms with E-state index in [1.807, 2.05) is 24.3 Å². The number of fused-ring (bicyclic) bond motifs is 1. The molecule has 0 saturated heterocycles. The topological polar surface area (TPSA) is 112 Å². The van der Waals surface area contributed by atoms with E-state index >= 15 is 0 Å². The zero-order chi connectivity index (χ0) is 30.7. The largest absolute Gasteiger partial charge is 0.491 e. The van der Waals surface area contributed by atoms with Crippen molar-refractivity contribution in [1.82, 2.24) is 0 Å². The van der Waals surface area contributed by atoms with E-state index in [1.165, 1.54) is 23.3 Å². The summed E-state index contributed by atoms with van der Waals surface area (Å²) in [7, 11) is 0. The minimum Gasteiger partial charge on any atom is -0.491 e. The zero-order valence-electron chi connectivity index (χ0n) is 24.5. The molecule has 4 rings (SSSR count). The van der Waals surface area contributed by atoms with Gasteiger partial charge in [0.15, 0.2) is 0 Å². The number of benzene rings is 3. The number of carbonyl (C=O) groups excluding carboxylic acids is 2. The predicted octanol–water partition coefficient (Wildman–Crippen LogP) is 4.49. The summed E-state index contributed by atoms with van der Waals surface area (Å²) in [6.07, 6.45) is 5.51. The summed E-state index contributed by atoms with van der Waals surface area (Å²) in [6, 6.07) is 24.2. The molecule has 0 spiro atoms. The molecule has 0 radical (unpaired) electrons. The Bertz CT molecular complexity index is 1300. The average Bonchev–Trinajstić information content (AvgIpc) is 3.42. The molecular formula is C35H38O8. The fourth-order valence-corrected chi connectivity index (χ4v) is 5.14. The van der Waals surface area contributed by atoms with Crippen molar-refractivity contribution in [2.75, 3.05) is 26.4 Å². The van der Waals surface area contributed by atoms with E-state index in [0.29, 0.717) is 11.5 Å². The predicted molar refractivity (Wildman–Crippen MR) is 162 cm³/mol. The van der Waals surface area contributed by atoms with Crippen LogP contribution in [0.4, 0.5) is 0 Å². The van der Waals surface area contributed by atoms with Crippen LogP contribution in [-0.4, -0.2) is 60.8 Å². The van der Waals surface area contributed by atoms with Gasteiger partial charge < -0.3 is 29.2 Å². The highest BCUT2D eigenvalue weighted by molar-refractivity contribution is 5.82. The Hall–Kier alpha value is -4.40. The first-order valence-corrected chi connectivity index (χ1v) is 14.3. The molecule has 0 fully saturated rings. The fraction of sp³-hybridized carbons (Fsp3) is 0.314. The van der Waals surface area contributed by atoms with Crippen LogP contribution in [0.3, 0.4) is 0 Å². The normalized spacial score (nSPS) is 15.2. The van der Waals surface area contributed by atoms with E-state index in [1.54, 1.807) is 26.0 Å². The molecule has 1 aliphatic carbocycles. The SMILES string of the molecule is CC=CC(=O)OCC(O)COc1ccc(C2(c3ccc(OCC(O)COC(=O)C=CC)cc3)Cc3ccccc3C2)cc1. The van der Waals surface area contributed by atoms with Gasteiger partial charge in [0.1, 0.15) is 50.1 Å². The Kier molecular flexibility index (Phi) is 11.1. The molecule has 3 aromatic rings. The maximum Gasteiger partial charge on any atom is 0.330 e. The van der Waals surface area contributed by atoms with Crippen LogP contribution in [0.1, 0.15) is 36.1 Å². The number of esters is 2. The summed E-state index contributed by atoms with van der Waals surface area (Å²) in [5, 5.41) is 20.3. The lowest BCUT2D eigenvalue weighted by Gasteiger charge is -2.31. The van der Waals surface area contributed by atoms with Crippen molar-refractivity contribution in [3.8, 4) is 11.5 Å². The number of hydrogen-bond acceptors (Lipinski definition) is 8. The summed E-state index contributed by atoms with van der Waals surface area (Å²) in [6.45, 7) is 3.12. The number of carbonyl (C=O) groups is 2. The van der Waals surface area contributed by atoms with Crippen LogP contribution in [0, 0.1) is 0 Å². The van der Waals surface area contributed by atoms with Crippen LogP contribution in [0.2, 0.25) is 0 Å². The van der Waals surface area contributed by atoms with Gasteiger partial charge in [-0.1, -0.05) is 60.7 Å². The average molecular weight is 587 g/mol. The molecule has 0 aromatic heterocycles. The minimum atomic E-state index is -0.945. The van der Waals surface area contributed by atoms with E-state index in [2.05, 4.69) is 48.5 Å². The number of hydrogen-bond donors (Lipinski definition) is 2. The first kappa shape index (κ1) is 31.5. The van der Waals surface area contributed by atoms with Gasteiger partial charge in [0.25, 0.3) is 0 Å². The highest BCUT2D eigenvalue weighted by Crippen LogP contribution is 2.45. The summed E-state index contributed by atoms with van der Waals surface area (Å²) in [5.74, 6) is 0.196. The molecule has 3 aromatic carbocycles. The smallest absolute Gasteiger partial charge is 0.330 e. The first-order valence-electron chi connectivity index (χ1n) is 14.3. The quantitative estimate of drug-likeness (QED) is 0.210. The zero-order valence-corrected chi connectivity index (χ0v) is 24.5. The van der Waals surface area contributed by atoms with Crippen LogP contribution >= 0.6 is 0 Å². The van der Waals surface area contributed by atoms with Crippen molar-refractivity contribution >= 4 is 11.9 Å². The Balaban J connectivity index is 1.43. The van der Waals surface area contributed by atoms with Gasteiger partial charge in [0.2, 0.25) is 0 Å². The molecule has 8 nitrogen and oxygen atoms in total. The molecule has 2 unspecified atom stereocenters. The van der Waals surface area contributed by atoms with E-state index in [4.69, 9.17) is 18.9 Å². The Morgan fingerprint density at radius 3 is 1.44 bits per heavy atom. The third-order valence-electron chi connectivity index (χ3n) is 7.24. The highest BCUT2D eigenvalue weighted by atomic mass is 16.6. The molecular weight excluding hydrogens is 548 g/mol. The minimum absolute atomic E-state index is 0.00652. The van der Waals surface area contributed by atoms with Gasteiger partial charge in [0.05, 0.1) is 0 Å². The fourth-order valence-electron chi connectivity index (χ4n) is 5.14. The maximum atomic E-state index is 11.5. The molecule has 0 bridgehead atoms. The Labute approximate surface area is 252 Å². The molecule has 43 heavy (non-hydrogen) atoms. The van der Waals surface area contributed by atoms with Gasteiger partial charge in [-0.15, -0.1) is 0 Å². The van der Waals surface area contributed by atoms with Crippen LogP contribution < -0.4 is 9.47 Å². The molecule has 2 N–H and O–H groups in total. The number of aliphatic hydroxyl groups excluding tert-OH is 2. The first-order chi connectivity index (χ1) is 20.8. The number of rotatable bonds is 14. The van der Waals surface area contributed by atoms with Crippen molar-refractivity contribution in [3.63, 3.8) is 0 Å². The summed E-state index contributed by atoms with van der Waals surface area (Å²) in [5.41, 5.74) is 4.55. The van der Waals surface area contributed by atoms with Gasteiger partial charge in [-0.2, -0.15) is 0 Å². The summed E-state index contributed by atoms with van der Waals surface area (Å²) < 4.78 is 21.5. The number of ether oxygens (including phenoxy) is 4. The summed E-state index contributed by atoms with van der Waals surface area (Å²) in [4.78, 5) is 22.9. The molecule has 2 atom stereocenters. The highest BCUT2D eigenvalue weighted by Gasteiger charge is 2.40. The molecule has 226 valence electrons. The van der Waals surface area contributed by atoms with Crippen molar-refractivity contribution in [3.05, 3.63) is 119 Å². The molecule has 8 heteroatoms. The van der Waals surface area contributed by atoms with Gasteiger partial charge in [-0.25, -0.2) is 9.59 Å². The second kappa shape index (κ2) is 15.2.